The van der Waals surface area contributed by atoms with Gasteiger partial charge in [0.1, 0.15) is 0 Å². The quantitative estimate of drug-likeness (QED) is 0.567. The number of aliphatic carboxylic acids is 1. The van der Waals surface area contributed by atoms with Crippen LogP contribution < -0.4 is 0 Å². The summed E-state index contributed by atoms with van der Waals surface area (Å²) in [6, 6.07) is 0. The molecule has 0 fully saturated rings. The maximum absolute atomic E-state index is 11.3. The van der Waals surface area contributed by atoms with Crippen molar-refractivity contribution in [3.8, 4) is 0 Å². The van der Waals surface area contributed by atoms with Crippen LogP contribution in [0.4, 0.5) is 0 Å². The fourth-order valence-electron chi connectivity index (χ4n) is 0.829. The molecular weight excluding hydrogens is 208 g/mol. The summed E-state index contributed by atoms with van der Waals surface area (Å²) in [5.74, 6) is -1.96. The molecule has 0 amide bonds. The van der Waals surface area contributed by atoms with Crippen molar-refractivity contribution in [2.24, 2.45) is 5.41 Å². The van der Waals surface area contributed by atoms with E-state index in [2.05, 4.69) is 4.74 Å². The van der Waals surface area contributed by atoms with Crippen molar-refractivity contribution >= 4 is 23.5 Å². The monoisotopic (exact) mass is 220 g/mol. The van der Waals surface area contributed by atoms with Crippen LogP contribution in [-0.4, -0.2) is 23.7 Å². The summed E-state index contributed by atoms with van der Waals surface area (Å²) in [5.41, 5.74) is -0.373. The molecule has 0 spiro atoms. The summed E-state index contributed by atoms with van der Waals surface area (Å²) in [6.45, 7) is 3.09. The van der Waals surface area contributed by atoms with Crippen LogP contribution in [0.5, 0.6) is 0 Å². The van der Waals surface area contributed by atoms with E-state index in [0.29, 0.717) is 0 Å². The van der Waals surface area contributed by atoms with E-state index < -0.39 is 17.4 Å². The van der Waals surface area contributed by atoms with E-state index in [9.17, 15) is 9.59 Å². The molecule has 0 aromatic rings. The average molecular weight is 221 g/mol. The van der Waals surface area contributed by atoms with E-state index in [4.69, 9.17) is 16.7 Å². The Balaban J connectivity index is 4.70. The first-order valence-corrected chi connectivity index (χ1v) is 4.58. The van der Waals surface area contributed by atoms with Gasteiger partial charge in [-0.1, -0.05) is 17.7 Å². The number of esters is 1. The maximum atomic E-state index is 11.3. The van der Waals surface area contributed by atoms with Gasteiger partial charge >= 0.3 is 11.9 Å². The Morgan fingerprint density at radius 3 is 2.50 bits per heavy atom. The van der Waals surface area contributed by atoms with Crippen LogP contribution in [0.15, 0.2) is 11.6 Å². The SMILES string of the molecule is CCOC(=O)C(C)(C/C=C/Cl)C(=O)O. The molecule has 0 bridgehead atoms. The third kappa shape index (κ3) is 3.03. The molecule has 0 aliphatic heterocycles. The van der Waals surface area contributed by atoms with Gasteiger partial charge in [-0.15, -0.1) is 0 Å². The molecule has 0 aliphatic carbocycles. The first kappa shape index (κ1) is 13.0. The standard InChI is InChI=1S/C9H13ClO4/c1-3-14-8(13)9(2,7(11)12)5-4-6-10/h4,6H,3,5H2,1-2H3,(H,11,12)/b6-4+. The van der Waals surface area contributed by atoms with Crippen LogP contribution in [0.3, 0.4) is 0 Å². The highest BCUT2D eigenvalue weighted by Crippen LogP contribution is 2.24. The van der Waals surface area contributed by atoms with Crippen molar-refractivity contribution in [1.82, 2.24) is 0 Å². The van der Waals surface area contributed by atoms with Gasteiger partial charge in [0.2, 0.25) is 0 Å². The predicted octanol–water partition coefficient (Wildman–Crippen LogP) is 1.78. The lowest BCUT2D eigenvalue weighted by Gasteiger charge is -2.20. The molecule has 1 unspecified atom stereocenters. The maximum Gasteiger partial charge on any atom is 0.323 e. The molecule has 0 rings (SSSR count). The minimum absolute atomic E-state index is 0.0185. The fraction of sp³-hybridized carbons (Fsp3) is 0.556. The zero-order valence-corrected chi connectivity index (χ0v) is 8.87. The van der Waals surface area contributed by atoms with Gasteiger partial charge in [0.15, 0.2) is 5.41 Å². The van der Waals surface area contributed by atoms with Crippen LogP contribution in [0.25, 0.3) is 0 Å². The lowest BCUT2D eigenvalue weighted by molar-refractivity contribution is -0.166. The van der Waals surface area contributed by atoms with E-state index in [1.807, 2.05) is 0 Å². The van der Waals surface area contributed by atoms with Gasteiger partial charge in [0.25, 0.3) is 0 Å². The zero-order chi connectivity index (χ0) is 11.2. The number of rotatable bonds is 5. The third-order valence-corrected chi connectivity index (χ3v) is 1.99. The largest absolute Gasteiger partial charge is 0.480 e. The summed E-state index contributed by atoms with van der Waals surface area (Å²) in [6.07, 6.45) is 1.43. The summed E-state index contributed by atoms with van der Waals surface area (Å²) < 4.78 is 4.67. The Hall–Kier alpha value is -1.03. The predicted molar refractivity (Wildman–Crippen MR) is 52.0 cm³/mol. The number of carboxylic acids is 1. The van der Waals surface area contributed by atoms with E-state index in [1.54, 1.807) is 6.92 Å². The number of ether oxygens (including phenoxy) is 1. The Bertz CT molecular complexity index is 249. The highest BCUT2D eigenvalue weighted by molar-refractivity contribution is 6.25. The number of carbonyl (C=O) groups is 2. The highest BCUT2D eigenvalue weighted by atomic mass is 35.5. The number of hydrogen-bond acceptors (Lipinski definition) is 3. The minimum Gasteiger partial charge on any atom is -0.480 e. The number of allylic oxidation sites excluding steroid dienone is 1. The smallest absolute Gasteiger partial charge is 0.323 e. The summed E-state index contributed by atoms with van der Waals surface area (Å²) in [7, 11) is 0. The average Bonchev–Trinajstić information content (AvgIpc) is 2.14. The molecule has 1 atom stereocenters. The Kier molecular flexibility index (Phi) is 5.23. The second kappa shape index (κ2) is 5.65. The normalized spacial score (nSPS) is 15.1. The van der Waals surface area contributed by atoms with Crippen molar-refractivity contribution < 1.29 is 19.4 Å². The molecule has 0 aromatic heterocycles. The number of carboxylic acid groups (broad SMARTS) is 1. The van der Waals surface area contributed by atoms with Crippen molar-refractivity contribution in [2.75, 3.05) is 6.61 Å². The van der Waals surface area contributed by atoms with Crippen LogP contribution in [-0.2, 0) is 14.3 Å². The number of halogens is 1. The zero-order valence-electron chi connectivity index (χ0n) is 8.12. The van der Waals surface area contributed by atoms with Crippen molar-refractivity contribution in [3.05, 3.63) is 11.6 Å². The molecule has 0 radical (unpaired) electrons. The Morgan fingerprint density at radius 1 is 1.57 bits per heavy atom. The minimum atomic E-state index is -1.55. The van der Waals surface area contributed by atoms with Gasteiger partial charge in [-0.3, -0.25) is 9.59 Å². The van der Waals surface area contributed by atoms with Crippen molar-refractivity contribution in [3.63, 3.8) is 0 Å². The van der Waals surface area contributed by atoms with Crippen molar-refractivity contribution in [1.29, 1.82) is 0 Å². The van der Waals surface area contributed by atoms with Gasteiger partial charge in [-0.2, -0.15) is 0 Å². The number of hydrogen-bond donors (Lipinski definition) is 1. The molecule has 4 nitrogen and oxygen atoms in total. The Labute approximate surface area is 87.5 Å². The van der Waals surface area contributed by atoms with E-state index in [0.717, 1.165) is 0 Å². The van der Waals surface area contributed by atoms with Gasteiger partial charge < -0.3 is 9.84 Å². The van der Waals surface area contributed by atoms with Gasteiger partial charge in [0, 0.05) is 5.54 Å². The molecule has 0 saturated heterocycles. The van der Waals surface area contributed by atoms with E-state index in [1.165, 1.54) is 18.5 Å². The van der Waals surface area contributed by atoms with Crippen LogP contribution in [0.1, 0.15) is 20.3 Å². The molecular formula is C9H13ClO4. The summed E-state index contributed by atoms with van der Waals surface area (Å²) in [5, 5.41) is 8.88. The van der Waals surface area contributed by atoms with Crippen molar-refractivity contribution in [2.45, 2.75) is 20.3 Å². The fourth-order valence-corrected chi connectivity index (χ4v) is 0.918. The molecule has 0 saturated carbocycles. The molecule has 1 N–H and O–H groups in total. The summed E-state index contributed by atoms with van der Waals surface area (Å²) in [4.78, 5) is 22.2. The molecule has 0 aliphatic rings. The van der Waals surface area contributed by atoms with Crippen LogP contribution >= 0.6 is 11.6 Å². The number of carbonyl (C=O) groups excluding carboxylic acids is 1. The Morgan fingerprint density at radius 2 is 2.14 bits per heavy atom. The lowest BCUT2D eigenvalue weighted by Crippen LogP contribution is -2.37. The second-order valence-corrected chi connectivity index (χ2v) is 3.18. The molecule has 5 heteroatoms. The van der Waals surface area contributed by atoms with Crippen LogP contribution in [0, 0.1) is 5.41 Å². The summed E-state index contributed by atoms with van der Waals surface area (Å²) >= 11 is 5.27. The van der Waals surface area contributed by atoms with E-state index in [-0.39, 0.29) is 13.0 Å². The third-order valence-electron chi connectivity index (χ3n) is 1.81. The topological polar surface area (TPSA) is 63.6 Å². The highest BCUT2D eigenvalue weighted by Gasteiger charge is 2.41. The molecule has 80 valence electrons. The molecule has 0 aromatic carbocycles. The molecule has 0 heterocycles. The first-order valence-electron chi connectivity index (χ1n) is 4.15. The van der Waals surface area contributed by atoms with Gasteiger partial charge in [0.05, 0.1) is 6.61 Å². The van der Waals surface area contributed by atoms with Crippen LogP contribution in [0.2, 0.25) is 0 Å². The van der Waals surface area contributed by atoms with Gasteiger partial charge in [-0.25, -0.2) is 0 Å². The first-order chi connectivity index (χ1) is 6.49. The van der Waals surface area contributed by atoms with E-state index >= 15 is 0 Å². The second-order valence-electron chi connectivity index (χ2n) is 2.92. The lowest BCUT2D eigenvalue weighted by atomic mass is 9.87. The molecule has 14 heavy (non-hydrogen) atoms. The van der Waals surface area contributed by atoms with Gasteiger partial charge in [-0.05, 0) is 20.3 Å².